The summed E-state index contributed by atoms with van der Waals surface area (Å²) in [6, 6.07) is 12.7. The summed E-state index contributed by atoms with van der Waals surface area (Å²) in [7, 11) is 0. The Bertz CT molecular complexity index is 1190. The summed E-state index contributed by atoms with van der Waals surface area (Å²) < 4.78 is 14.9. The lowest BCUT2D eigenvalue weighted by Gasteiger charge is -2.11. The average molecular weight is 408 g/mol. The van der Waals surface area contributed by atoms with Gasteiger partial charge in [0.05, 0.1) is 0 Å². The molecule has 0 radical (unpaired) electrons. The third-order valence-electron chi connectivity index (χ3n) is 4.26. The van der Waals surface area contributed by atoms with E-state index < -0.39 is 11.8 Å². The van der Waals surface area contributed by atoms with E-state index >= 15 is 0 Å². The normalized spacial score (nSPS) is 10.9. The molecule has 2 N–H and O–H groups in total. The van der Waals surface area contributed by atoms with Gasteiger partial charge in [0, 0.05) is 27.5 Å². The van der Waals surface area contributed by atoms with E-state index in [9.17, 15) is 9.18 Å². The largest absolute Gasteiger partial charge is 0.323 e. The number of aromatic nitrogens is 4. The van der Waals surface area contributed by atoms with Gasteiger partial charge in [-0.2, -0.15) is 14.6 Å². The Hall–Kier alpha value is -3.46. The highest BCUT2D eigenvalue weighted by molar-refractivity contribution is 7.99. The molecule has 0 aliphatic carbocycles. The maximum absolute atomic E-state index is 13.2. The van der Waals surface area contributed by atoms with Crippen molar-refractivity contribution in [3.63, 3.8) is 0 Å². The summed E-state index contributed by atoms with van der Waals surface area (Å²) in [6.45, 7) is 3.94. The van der Waals surface area contributed by atoms with Crippen molar-refractivity contribution in [2.45, 2.75) is 23.8 Å². The highest BCUT2D eigenvalue weighted by atomic mass is 32.2. The van der Waals surface area contributed by atoms with Gasteiger partial charge in [-0.1, -0.05) is 17.8 Å². The highest BCUT2D eigenvalue weighted by Gasteiger charge is 2.12. The number of benzene rings is 2. The molecule has 0 fully saturated rings. The molecule has 0 spiro atoms. The van der Waals surface area contributed by atoms with Crippen LogP contribution in [0.15, 0.2) is 64.8 Å². The first kappa shape index (κ1) is 18.9. The number of halogens is 1. The lowest BCUT2D eigenvalue weighted by atomic mass is 10.3. The number of rotatable bonds is 4. The zero-order chi connectivity index (χ0) is 20.4. The summed E-state index contributed by atoms with van der Waals surface area (Å²) in [4.78, 5) is 21.7. The Morgan fingerprint density at radius 1 is 1.07 bits per heavy atom. The maximum atomic E-state index is 13.2. The topological polar surface area (TPSA) is 84.2 Å². The first-order valence-corrected chi connectivity index (χ1v) is 9.60. The lowest BCUT2D eigenvalue weighted by Crippen LogP contribution is -2.19. The number of nitrogens with one attached hydrogen (secondary N) is 2. The van der Waals surface area contributed by atoms with Crippen LogP contribution in [0.4, 0.5) is 20.6 Å². The Labute approximate surface area is 170 Å². The Morgan fingerprint density at radius 3 is 2.59 bits per heavy atom. The molecule has 9 heteroatoms. The molecule has 7 nitrogen and oxygen atoms in total. The number of anilines is 2. The minimum atomic E-state index is -0.444. The average Bonchev–Trinajstić information content (AvgIpc) is 3.14. The minimum Gasteiger partial charge on any atom is -0.308 e. The van der Waals surface area contributed by atoms with Crippen molar-refractivity contribution in [3.05, 3.63) is 71.9 Å². The van der Waals surface area contributed by atoms with Gasteiger partial charge in [-0.3, -0.25) is 0 Å². The quantitative estimate of drug-likeness (QED) is 0.479. The smallest absolute Gasteiger partial charge is 0.308 e. The van der Waals surface area contributed by atoms with Crippen molar-refractivity contribution in [1.82, 2.24) is 19.6 Å². The predicted octanol–water partition coefficient (Wildman–Crippen LogP) is 4.68. The van der Waals surface area contributed by atoms with E-state index in [1.807, 2.05) is 26.0 Å². The van der Waals surface area contributed by atoms with Crippen molar-refractivity contribution < 1.29 is 9.18 Å². The van der Waals surface area contributed by atoms with Crippen LogP contribution >= 0.6 is 11.8 Å². The summed E-state index contributed by atoms with van der Waals surface area (Å²) in [5.41, 5.74) is 2.94. The van der Waals surface area contributed by atoms with E-state index in [-0.39, 0.29) is 0 Å². The second-order valence-corrected chi connectivity index (χ2v) is 7.38. The molecule has 4 aromatic rings. The first-order chi connectivity index (χ1) is 14.0. The van der Waals surface area contributed by atoms with Crippen LogP contribution in [0.1, 0.15) is 11.3 Å². The molecule has 0 aliphatic heterocycles. The monoisotopic (exact) mass is 408 g/mol. The fourth-order valence-corrected chi connectivity index (χ4v) is 3.71. The molecule has 0 atom stereocenters. The molecular formula is C20H17FN6OS. The second-order valence-electron chi connectivity index (χ2n) is 6.32. The molecule has 2 amide bonds. The number of carbonyl (C=O) groups is 1. The molecule has 2 aromatic heterocycles. The Balaban J connectivity index is 1.47. The number of amides is 2. The molecule has 0 saturated carbocycles. The van der Waals surface area contributed by atoms with Crippen LogP contribution in [-0.2, 0) is 0 Å². The summed E-state index contributed by atoms with van der Waals surface area (Å²) in [6.07, 6.45) is 1.48. The van der Waals surface area contributed by atoms with Crippen LogP contribution in [-0.4, -0.2) is 25.6 Å². The maximum Gasteiger partial charge on any atom is 0.323 e. The third-order valence-corrected chi connectivity index (χ3v) is 5.44. The zero-order valence-corrected chi connectivity index (χ0v) is 16.5. The SMILES string of the molecule is Cc1nc2ncnn2c(Sc2ccc(NC(=O)Nc3cccc(F)c3)cc2)c1C. The van der Waals surface area contributed by atoms with Crippen LogP contribution in [0, 0.1) is 19.7 Å². The predicted molar refractivity (Wildman–Crippen MR) is 110 cm³/mol. The fraction of sp³-hybridized carbons (Fsp3) is 0.100. The minimum absolute atomic E-state index is 0.384. The zero-order valence-electron chi connectivity index (χ0n) is 15.7. The molecule has 0 unspecified atom stereocenters. The fourth-order valence-electron chi connectivity index (χ4n) is 2.70. The number of hydrogen-bond acceptors (Lipinski definition) is 5. The molecule has 0 saturated heterocycles. The number of carbonyl (C=O) groups excluding carboxylic acids is 1. The molecule has 0 aliphatic rings. The van der Waals surface area contributed by atoms with Gasteiger partial charge in [0.2, 0.25) is 0 Å². The van der Waals surface area contributed by atoms with Crippen molar-refractivity contribution in [1.29, 1.82) is 0 Å². The van der Waals surface area contributed by atoms with Crippen LogP contribution in [0.2, 0.25) is 0 Å². The molecule has 2 aromatic carbocycles. The highest BCUT2D eigenvalue weighted by Crippen LogP contribution is 2.31. The first-order valence-electron chi connectivity index (χ1n) is 8.78. The van der Waals surface area contributed by atoms with Gasteiger partial charge < -0.3 is 10.6 Å². The van der Waals surface area contributed by atoms with Crippen LogP contribution in [0.5, 0.6) is 0 Å². The van der Waals surface area contributed by atoms with E-state index in [1.54, 1.807) is 34.5 Å². The van der Waals surface area contributed by atoms with E-state index in [2.05, 4.69) is 25.7 Å². The lowest BCUT2D eigenvalue weighted by molar-refractivity contribution is 0.262. The van der Waals surface area contributed by atoms with Gasteiger partial charge in [0.1, 0.15) is 17.2 Å². The molecule has 29 heavy (non-hydrogen) atoms. The van der Waals surface area contributed by atoms with Crippen molar-refractivity contribution in [2.75, 3.05) is 10.6 Å². The van der Waals surface area contributed by atoms with Crippen molar-refractivity contribution in [2.24, 2.45) is 0 Å². The van der Waals surface area contributed by atoms with E-state index in [0.717, 1.165) is 21.2 Å². The molecular weight excluding hydrogens is 391 g/mol. The van der Waals surface area contributed by atoms with E-state index in [1.165, 1.54) is 24.5 Å². The van der Waals surface area contributed by atoms with Crippen molar-refractivity contribution >= 4 is 34.9 Å². The number of aryl methyl sites for hydroxylation is 1. The van der Waals surface area contributed by atoms with Gasteiger partial charge in [0.15, 0.2) is 0 Å². The molecule has 146 valence electrons. The van der Waals surface area contributed by atoms with Crippen molar-refractivity contribution in [3.8, 4) is 0 Å². The molecule has 4 rings (SSSR count). The Kier molecular flexibility index (Phi) is 5.13. The van der Waals surface area contributed by atoms with Crippen LogP contribution in [0.3, 0.4) is 0 Å². The van der Waals surface area contributed by atoms with E-state index in [4.69, 9.17) is 0 Å². The van der Waals surface area contributed by atoms with Crippen LogP contribution < -0.4 is 10.6 Å². The van der Waals surface area contributed by atoms with Gasteiger partial charge in [0.25, 0.3) is 5.78 Å². The van der Waals surface area contributed by atoms with Crippen LogP contribution in [0.25, 0.3) is 5.78 Å². The number of nitrogens with zero attached hydrogens (tertiary/aromatic N) is 4. The summed E-state index contributed by atoms with van der Waals surface area (Å²) in [5.74, 6) is 0.148. The molecule has 2 heterocycles. The standard InChI is InChI=1S/C20H17FN6OS/c1-12-13(2)24-19-22-11-23-27(19)18(12)29-17-8-6-15(7-9-17)25-20(28)26-16-5-3-4-14(21)10-16/h3-11H,1-2H3,(H2,25,26,28). The summed E-state index contributed by atoms with van der Waals surface area (Å²) in [5, 5.41) is 10.5. The van der Waals surface area contributed by atoms with Gasteiger partial charge >= 0.3 is 6.03 Å². The van der Waals surface area contributed by atoms with E-state index in [0.29, 0.717) is 17.2 Å². The molecule has 0 bridgehead atoms. The second kappa shape index (κ2) is 7.88. The Morgan fingerprint density at radius 2 is 1.83 bits per heavy atom. The van der Waals surface area contributed by atoms with Gasteiger partial charge in [-0.25, -0.2) is 14.2 Å². The summed E-state index contributed by atoms with van der Waals surface area (Å²) >= 11 is 1.54. The number of urea groups is 1. The van der Waals surface area contributed by atoms with Gasteiger partial charge in [-0.05, 0) is 56.3 Å². The third kappa shape index (κ3) is 4.19. The number of fused-ring (bicyclic) bond motifs is 1. The number of hydrogen-bond donors (Lipinski definition) is 2. The van der Waals surface area contributed by atoms with Gasteiger partial charge in [-0.15, -0.1) is 0 Å².